The summed E-state index contributed by atoms with van der Waals surface area (Å²) in [7, 11) is -3.89. The number of hydrogen-bond acceptors (Lipinski definition) is 4. The van der Waals surface area contributed by atoms with Crippen LogP contribution in [0, 0.1) is 6.92 Å². The number of hydrogen-bond donors (Lipinski definition) is 0. The molecule has 0 atom stereocenters. The second-order valence-electron chi connectivity index (χ2n) is 12.4. The number of fused-ring (bicyclic) bond motifs is 11. The van der Waals surface area contributed by atoms with Crippen molar-refractivity contribution in [3.05, 3.63) is 90.3 Å². The van der Waals surface area contributed by atoms with Gasteiger partial charge in [-0.05, 0) is 63.9 Å². The highest BCUT2D eigenvalue weighted by atomic mass is 32.2. The van der Waals surface area contributed by atoms with Crippen LogP contribution in [0.15, 0.2) is 93.1 Å². The van der Waals surface area contributed by atoms with E-state index in [9.17, 15) is 8.42 Å². The fourth-order valence-electron chi connectivity index (χ4n) is 7.32. The van der Waals surface area contributed by atoms with Gasteiger partial charge in [0.05, 0.1) is 20.8 Å². The molecule has 0 saturated heterocycles. The molecule has 0 aliphatic carbocycles. The van der Waals surface area contributed by atoms with Crippen molar-refractivity contribution in [2.24, 2.45) is 0 Å². The van der Waals surface area contributed by atoms with Crippen LogP contribution in [0.5, 0.6) is 0 Å². The first-order valence-electron chi connectivity index (χ1n) is 13.9. The third-order valence-electron chi connectivity index (χ3n) is 9.07. The van der Waals surface area contributed by atoms with Crippen molar-refractivity contribution >= 4 is 76.7 Å². The zero-order valence-corrected chi connectivity index (χ0v) is 23.9. The van der Waals surface area contributed by atoms with Gasteiger partial charge in [0.25, 0.3) is 6.71 Å². The molecule has 7 aromatic rings. The lowest BCUT2D eigenvalue weighted by molar-refractivity contribution is 0.591. The Labute approximate surface area is 237 Å². The maximum atomic E-state index is 14.7. The minimum atomic E-state index is -3.89. The molecule has 9 rings (SSSR count). The van der Waals surface area contributed by atoms with Crippen LogP contribution in [-0.2, 0) is 15.3 Å². The van der Waals surface area contributed by atoms with Crippen LogP contribution in [-0.4, -0.2) is 24.7 Å². The molecule has 0 N–H and O–H groups in total. The number of para-hydroxylation sites is 1. The minimum Gasteiger partial charge on any atom is -0.457 e. The van der Waals surface area contributed by atoms with Gasteiger partial charge in [0.15, 0.2) is 0 Å². The summed E-state index contributed by atoms with van der Waals surface area (Å²) in [6.45, 7) is 8.28. The third-order valence-corrected chi connectivity index (χ3v) is 11.0. The number of imidazole rings is 1. The average Bonchev–Trinajstić information content (AvgIpc) is 3.50. The predicted molar refractivity (Wildman–Crippen MR) is 166 cm³/mol. The normalized spacial score (nSPS) is 15.2. The highest BCUT2D eigenvalue weighted by Crippen LogP contribution is 2.42. The lowest BCUT2D eigenvalue weighted by Gasteiger charge is -2.34. The van der Waals surface area contributed by atoms with Crippen molar-refractivity contribution in [1.29, 1.82) is 0 Å². The summed E-state index contributed by atoms with van der Waals surface area (Å²) >= 11 is 0. The molecular formula is C34H25BN2O3S. The number of aryl methyl sites for hydroxylation is 1. The molecule has 0 bridgehead atoms. The van der Waals surface area contributed by atoms with Crippen molar-refractivity contribution in [3.63, 3.8) is 0 Å². The standard InChI is InChI=1S/C34H25BN2O3S/c1-18-36-24-17-19(34(2,3)4)16-23-31(24)37(18)25-13-9-15-27-29(25)35(23)30-32-28(22-12-7-8-14-26(22)40-32)20-10-5-6-11-21(20)33(30)41(27,38)39/h5-17H,1-4H3. The van der Waals surface area contributed by atoms with E-state index < -0.39 is 9.84 Å². The summed E-state index contributed by atoms with van der Waals surface area (Å²) in [5, 5.41) is 3.57. The van der Waals surface area contributed by atoms with Crippen LogP contribution in [0.2, 0.25) is 0 Å². The van der Waals surface area contributed by atoms with Crippen LogP contribution in [0.3, 0.4) is 0 Å². The van der Waals surface area contributed by atoms with Gasteiger partial charge in [-0.2, -0.15) is 0 Å². The van der Waals surface area contributed by atoms with Crippen LogP contribution < -0.4 is 16.4 Å². The fourth-order valence-corrected chi connectivity index (χ4v) is 9.28. The Morgan fingerprint density at radius 3 is 2.37 bits per heavy atom. The molecule has 2 aromatic heterocycles. The molecule has 2 aliphatic rings. The highest BCUT2D eigenvalue weighted by Gasteiger charge is 2.47. The smallest absolute Gasteiger partial charge is 0.255 e. The summed E-state index contributed by atoms with van der Waals surface area (Å²) in [6.07, 6.45) is 0. The Bertz CT molecular complexity index is 2440. The van der Waals surface area contributed by atoms with E-state index in [0.29, 0.717) is 15.4 Å². The molecule has 7 heteroatoms. The van der Waals surface area contributed by atoms with E-state index in [0.717, 1.165) is 66.1 Å². The van der Waals surface area contributed by atoms with E-state index in [1.165, 1.54) is 5.56 Å². The van der Waals surface area contributed by atoms with Gasteiger partial charge in [0.1, 0.15) is 17.0 Å². The highest BCUT2D eigenvalue weighted by molar-refractivity contribution is 7.92. The summed E-state index contributed by atoms with van der Waals surface area (Å²) in [5.74, 6) is 0.842. The maximum Gasteiger partial charge on any atom is 0.255 e. The summed E-state index contributed by atoms with van der Waals surface area (Å²) < 4.78 is 38.3. The zero-order valence-electron chi connectivity index (χ0n) is 23.1. The molecule has 0 saturated carbocycles. The van der Waals surface area contributed by atoms with Gasteiger partial charge >= 0.3 is 0 Å². The van der Waals surface area contributed by atoms with Crippen molar-refractivity contribution in [2.75, 3.05) is 0 Å². The molecule has 198 valence electrons. The predicted octanol–water partition coefficient (Wildman–Crippen LogP) is 5.66. The topological polar surface area (TPSA) is 65.1 Å². The molecule has 41 heavy (non-hydrogen) atoms. The fraction of sp³-hybridized carbons (Fsp3) is 0.147. The summed E-state index contributed by atoms with van der Waals surface area (Å²) in [5.41, 5.74) is 7.88. The molecule has 0 amide bonds. The van der Waals surface area contributed by atoms with E-state index in [4.69, 9.17) is 9.40 Å². The van der Waals surface area contributed by atoms with Crippen LogP contribution in [0.1, 0.15) is 32.2 Å². The first-order valence-corrected chi connectivity index (χ1v) is 15.4. The Balaban J connectivity index is 1.59. The Hall–Kier alpha value is -4.36. The number of rotatable bonds is 0. The van der Waals surface area contributed by atoms with Gasteiger partial charge in [0, 0.05) is 21.8 Å². The van der Waals surface area contributed by atoms with E-state index >= 15 is 0 Å². The number of sulfone groups is 1. The van der Waals surface area contributed by atoms with Crippen molar-refractivity contribution in [3.8, 4) is 5.69 Å². The number of aromatic nitrogens is 2. The number of benzene rings is 5. The quantitative estimate of drug-likeness (QED) is 0.228. The zero-order chi connectivity index (χ0) is 28.0. The van der Waals surface area contributed by atoms with E-state index in [1.807, 2.05) is 61.5 Å². The van der Waals surface area contributed by atoms with Gasteiger partial charge in [-0.15, -0.1) is 0 Å². The van der Waals surface area contributed by atoms with Gasteiger partial charge < -0.3 is 4.42 Å². The van der Waals surface area contributed by atoms with E-state index in [1.54, 1.807) is 6.07 Å². The molecule has 0 unspecified atom stereocenters. The molecule has 5 nitrogen and oxygen atoms in total. The Morgan fingerprint density at radius 1 is 0.854 bits per heavy atom. The molecule has 0 fully saturated rings. The second kappa shape index (κ2) is 7.28. The summed E-state index contributed by atoms with van der Waals surface area (Å²) in [4.78, 5) is 5.72. The van der Waals surface area contributed by atoms with Crippen LogP contribution in [0.4, 0.5) is 0 Å². The lowest BCUT2D eigenvalue weighted by Crippen LogP contribution is -2.61. The monoisotopic (exact) mass is 552 g/mol. The Kier molecular flexibility index (Phi) is 4.15. The van der Waals surface area contributed by atoms with Crippen molar-refractivity contribution < 1.29 is 12.8 Å². The SMILES string of the molecule is Cc1nc2cc(C(C)(C)C)cc3c2n1-c1cccc2c1B3c1c(c3ccccc3c3c1oc1ccccc13)S2(=O)=O. The van der Waals surface area contributed by atoms with Crippen molar-refractivity contribution in [2.45, 2.75) is 42.9 Å². The third kappa shape index (κ3) is 2.73. The van der Waals surface area contributed by atoms with Gasteiger partial charge in [-0.25, -0.2) is 13.4 Å². The van der Waals surface area contributed by atoms with Gasteiger partial charge in [-0.3, -0.25) is 4.57 Å². The summed E-state index contributed by atoms with van der Waals surface area (Å²) in [6, 6.07) is 26.0. The molecular weight excluding hydrogens is 527 g/mol. The van der Waals surface area contributed by atoms with E-state index in [2.05, 4.69) is 43.5 Å². The Morgan fingerprint density at radius 2 is 1.59 bits per heavy atom. The largest absolute Gasteiger partial charge is 0.457 e. The van der Waals surface area contributed by atoms with Crippen LogP contribution >= 0.6 is 0 Å². The van der Waals surface area contributed by atoms with Gasteiger partial charge in [0.2, 0.25) is 9.84 Å². The van der Waals surface area contributed by atoms with E-state index in [-0.39, 0.29) is 12.1 Å². The van der Waals surface area contributed by atoms with Crippen LogP contribution in [0.25, 0.3) is 49.4 Å². The first kappa shape index (κ1) is 23.4. The minimum absolute atomic E-state index is 0.121. The van der Waals surface area contributed by atoms with Gasteiger partial charge in [-0.1, -0.05) is 75.4 Å². The average molecular weight is 552 g/mol. The number of furan rings is 1. The molecule has 2 aliphatic heterocycles. The van der Waals surface area contributed by atoms with Crippen molar-refractivity contribution in [1.82, 2.24) is 9.55 Å². The second-order valence-corrected chi connectivity index (χ2v) is 14.2. The number of nitrogens with zero attached hydrogens (tertiary/aromatic N) is 2. The maximum absolute atomic E-state index is 14.7. The molecule has 0 spiro atoms. The lowest BCUT2D eigenvalue weighted by atomic mass is 9.35. The first-order chi connectivity index (χ1) is 19.7. The molecule has 0 radical (unpaired) electrons. The molecule has 4 heterocycles. The molecule has 5 aromatic carbocycles.